The Morgan fingerprint density at radius 3 is 2.45 bits per heavy atom. The Morgan fingerprint density at radius 2 is 2.00 bits per heavy atom. The van der Waals surface area contributed by atoms with Crippen LogP contribution in [0.5, 0.6) is 5.75 Å². The minimum absolute atomic E-state index is 0.0124. The molecule has 1 N–H and O–H groups in total. The van der Waals surface area contributed by atoms with Crippen molar-refractivity contribution in [2.24, 2.45) is 5.92 Å². The highest BCUT2D eigenvalue weighted by molar-refractivity contribution is 7.92. The van der Waals surface area contributed by atoms with Gasteiger partial charge in [0.15, 0.2) is 9.84 Å². The van der Waals surface area contributed by atoms with Crippen LogP contribution in [-0.4, -0.2) is 45.1 Å². The molecule has 22 heavy (non-hydrogen) atoms. The van der Waals surface area contributed by atoms with Crippen LogP contribution in [0.25, 0.3) is 0 Å². The van der Waals surface area contributed by atoms with Crippen molar-refractivity contribution in [3.63, 3.8) is 0 Å². The Morgan fingerprint density at radius 1 is 1.32 bits per heavy atom. The molecule has 6 nitrogen and oxygen atoms in total. The molecule has 0 amide bonds. The van der Waals surface area contributed by atoms with Gasteiger partial charge in [-0.3, -0.25) is 4.79 Å². The summed E-state index contributed by atoms with van der Waals surface area (Å²) in [4.78, 5) is 11.2. The lowest BCUT2D eigenvalue weighted by Crippen LogP contribution is -2.24. The highest BCUT2D eigenvalue weighted by atomic mass is 35.5. The van der Waals surface area contributed by atoms with Crippen molar-refractivity contribution >= 4 is 27.4 Å². The third kappa shape index (κ3) is 3.06. The van der Waals surface area contributed by atoms with Crippen LogP contribution in [0.15, 0.2) is 23.1 Å². The maximum atomic E-state index is 12.7. The van der Waals surface area contributed by atoms with Crippen molar-refractivity contribution in [3.8, 4) is 5.75 Å². The topological polar surface area (TPSA) is 89.9 Å². The van der Waals surface area contributed by atoms with Crippen molar-refractivity contribution in [3.05, 3.63) is 23.2 Å². The Labute approximate surface area is 133 Å². The van der Waals surface area contributed by atoms with Crippen LogP contribution in [0.3, 0.4) is 0 Å². The van der Waals surface area contributed by atoms with Crippen LogP contribution in [0.2, 0.25) is 5.02 Å². The number of carboxylic acid groups (broad SMARTS) is 1. The fraction of sp³-hybridized carbons (Fsp3) is 0.500. The molecule has 0 aromatic heterocycles. The number of carbonyl (C=O) groups is 1. The minimum atomic E-state index is -3.73. The molecule has 1 aliphatic carbocycles. The van der Waals surface area contributed by atoms with E-state index in [1.807, 2.05) is 0 Å². The van der Waals surface area contributed by atoms with Crippen molar-refractivity contribution in [1.29, 1.82) is 0 Å². The molecule has 1 saturated carbocycles. The fourth-order valence-electron chi connectivity index (χ4n) is 2.75. The summed E-state index contributed by atoms with van der Waals surface area (Å²) in [6.07, 6.45) is -0.467. The van der Waals surface area contributed by atoms with Gasteiger partial charge in [-0.15, -0.1) is 0 Å². The number of benzene rings is 1. The second-order valence-electron chi connectivity index (χ2n) is 5.15. The van der Waals surface area contributed by atoms with Gasteiger partial charge >= 0.3 is 5.97 Å². The predicted octanol–water partition coefficient (Wildman–Crippen LogP) is 2.00. The van der Waals surface area contributed by atoms with E-state index in [2.05, 4.69) is 0 Å². The molecule has 0 radical (unpaired) electrons. The van der Waals surface area contributed by atoms with Gasteiger partial charge in [0.25, 0.3) is 0 Å². The fourth-order valence-corrected chi connectivity index (χ4v) is 5.09. The molecule has 0 bridgehead atoms. The average Bonchev–Trinajstić information content (AvgIpc) is 2.92. The smallest absolute Gasteiger partial charge is 0.309 e. The molecule has 1 aromatic rings. The van der Waals surface area contributed by atoms with Crippen LogP contribution >= 0.6 is 11.6 Å². The summed E-state index contributed by atoms with van der Waals surface area (Å²) in [6.45, 7) is 0. The summed E-state index contributed by atoms with van der Waals surface area (Å²) in [5.41, 5.74) is 0. The van der Waals surface area contributed by atoms with Gasteiger partial charge in [0.2, 0.25) is 0 Å². The van der Waals surface area contributed by atoms with Gasteiger partial charge in [-0.1, -0.05) is 11.6 Å². The Kier molecular flexibility index (Phi) is 4.99. The first-order chi connectivity index (χ1) is 10.3. The predicted molar refractivity (Wildman–Crippen MR) is 80.1 cm³/mol. The summed E-state index contributed by atoms with van der Waals surface area (Å²) in [7, 11) is -0.894. The first kappa shape index (κ1) is 17.1. The highest BCUT2D eigenvalue weighted by Crippen LogP contribution is 2.38. The van der Waals surface area contributed by atoms with Gasteiger partial charge in [-0.05, 0) is 25.0 Å². The third-order valence-electron chi connectivity index (χ3n) is 3.97. The van der Waals surface area contributed by atoms with E-state index < -0.39 is 33.1 Å². The van der Waals surface area contributed by atoms with Gasteiger partial charge in [0.05, 0.1) is 34.3 Å². The number of rotatable bonds is 5. The zero-order chi connectivity index (χ0) is 16.5. The molecular weight excluding hydrogens is 332 g/mol. The lowest BCUT2D eigenvalue weighted by Gasteiger charge is -2.13. The van der Waals surface area contributed by atoms with E-state index in [-0.39, 0.29) is 22.8 Å². The van der Waals surface area contributed by atoms with E-state index in [1.54, 1.807) is 0 Å². The molecule has 122 valence electrons. The summed E-state index contributed by atoms with van der Waals surface area (Å²) < 4.78 is 35.5. The third-order valence-corrected chi connectivity index (χ3v) is 6.62. The number of ether oxygens (including phenoxy) is 2. The molecule has 0 saturated heterocycles. The summed E-state index contributed by atoms with van der Waals surface area (Å²) in [5, 5.41) is 8.41. The first-order valence-corrected chi connectivity index (χ1v) is 8.56. The van der Waals surface area contributed by atoms with Gasteiger partial charge in [0.1, 0.15) is 5.75 Å². The lowest BCUT2D eigenvalue weighted by atomic mass is 10.1. The number of sulfone groups is 1. The molecule has 1 fully saturated rings. The monoisotopic (exact) mass is 348 g/mol. The van der Waals surface area contributed by atoms with Crippen molar-refractivity contribution in [1.82, 2.24) is 0 Å². The molecule has 8 heteroatoms. The molecule has 2 rings (SSSR count). The number of methoxy groups -OCH3 is 2. The van der Waals surface area contributed by atoms with E-state index >= 15 is 0 Å². The maximum Gasteiger partial charge on any atom is 0.309 e. The molecule has 0 aliphatic heterocycles. The lowest BCUT2D eigenvalue weighted by molar-refractivity contribution is -0.145. The number of carboxylic acids is 1. The second-order valence-corrected chi connectivity index (χ2v) is 7.76. The number of aliphatic carboxylic acids is 1. The standard InChI is InChI=1S/C14H17ClO6S/c1-20-8-3-4-13(11(15)5-8)22(18,19)9-6-10(14(16)17)12(7-9)21-2/h3-5,9-10,12H,6-7H2,1-2H3,(H,16,17)/t9-,10-,12-/m0/s1. The number of hydrogen-bond donors (Lipinski definition) is 1. The van der Waals surface area contributed by atoms with Crippen LogP contribution in [0, 0.1) is 5.92 Å². The Balaban J connectivity index is 2.34. The van der Waals surface area contributed by atoms with E-state index in [9.17, 15) is 18.3 Å². The van der Waals surface area contributed by atoms with E-state index in [4.69, 9.17) is 21.1 Å². The number of hydrogen-bond acceptors (Lipinski definition) is 5. The molecule has 0 unspecified atom stereocenters. The van der Waals surface area contributed by atoms with Crippen LogP contribution in [0.4, 0.5) is 0 Å². The van der Waals surface area contributed by atoms with Crippen LogP contribution in [0.1, 0.15) is 12.8 Å². The molecule has 0 spiro atoms. The Bertz CT molecular complexity index is 672. The maximum absolute atomic E-state index is 12.7. The number of halogens is 1. The minimum Gasteiger partial charge on any atom is -0.497 e. The Hall–Kier alpha value is -1.31. The molecule has 0 heterocycles. The molecule has 1 aromatic carbocycles. The summed E-state index contributed by atoms with van der Waals surface area (Å²) in [5.74, 6) is -1.43. The van der Waals surface area contributed by atoms with Gasteiger partial charge in [0, 0.05) is 13.2 Å². The van der Waals surface area contributed by atoms with E-state index in [1.165, 1.54) is 32.4 Å². The molecular formula is C14H17ClO6S. The van der Waals surface area contributed by atoms with Crippen LogP contribution < -0.4 is 4.74 Å². The zero-order valence-corrected chi connectivity index (χ0v) is 13.7. The van der Waals surface area contributed by atoms with Gasteiger partial charge in [-0.25, -0.2) is 8.42 Å². The zero-order valence-electron chi connectivity index (χ0n) is 12.2. The quantitative estimate of drug-likeness (QED) is 0.875. The van der Waals surface area contributed by atoms with Crippen molar-refractivity contribution in [2.75, 3.05) is 14.2 Å². The van der Waals surface area contributed by atoms with E-state index in [0.29, 0.717) is 5.75 Å². The largest absolute Gasteiger partial charge is 0.497 e. The molecule has 1 aliphatic rings. The normalized spacial score (nSPS) is 25.1. The van der Waals surface area contributed by atoms with Crippen molar-refractivity contribution in [2.45, 2.75) is 29.1 Å². The van der Waals surface area contributed by atoms with Gasteiger partial charge < -0.3 is 14.6 Å². The van der Waals surface area contributed by atoms with Gasteiger partial charge in [-0.2, -0.15) is 0 Å². The average molecular weight is 349 g/mol. The second kappa shape index (κ2) is 6.44. The van der Waals surface area contributed by atoms with E-state index in [0.717, 1.165) is 0 Å². The first-order valence-electron chi connectivity index (χ1n) is 6.64. The molecule has 3 atom stereocenters. The highest BCUT2D eigenvalue weighted by Gasteiger charge is 2.45. The summed E-state index contributed by atoms with van der Waals surface area (Å²) in [6, 6.07) is 4.31. The SMILES string of the molecule is COc1ccc(S(=O)(=O)[C@@H]2C[C@H](OC)[C@@H](C(=O)O)C2)c(Cl)c1. The van der Waals surface area contributed by atoms with Crippen molar-refractivity contribution < 1.29 is 27.8 Å². The van der Waals surface area contributed by atoms with Crippen LogP contribution in [-0.2, 0) is 19.4 Å². The summed E-state index contributed by atoms with van der Waals surface area (Å²) >= 11 is 6.03.